The maximum absolute atomic E-state index is 12.4. The summed E-state index contributed by atoms with van der Waals surface area (Å²) in [5.41, 5.74) is 0. The van der Waals surface area contributed by atoms with Gasteiger partial charge in [-0.15, -0.1) is 11.3 Å². The average molecular weight is 382 g/mol. The number of halogens is 1. The zero-order chi connectivity index (χ0) is 14.8. The molecule has 114 valence electrons. The Bertz CT molecular complexity index is 550. The van der Waals surface area contributed by atoms with Gasteiger partial charge in [-0.25, -0.2) is 13.1 Å². The van der Waals surface area contributed by atoms with Crippen LogP contribution in [0, 0.1) is 5.92 Å². The van der Waals surface area contributed by atoms with E-state index in [0.29, 0.717) is 14.6 Å². The standard InChI is InChI=1S/C13H20BrNO3S2/c1-9(10-5-3-2-4-6-10)15-20(17,18)12-7-11(8-16)19-13(12)14/h7,9-10,15-16H,2-6,8H2,1H3. The van der Waals surface area contributed by atoms with Crippen LogP contribution in [0.15, 0.2) is 14.7 Å². The molecule has 1 heterocycles. The van der Waals surface area contributed by atoms with Crippen LogP contribution in [0.1, 0.15) is 43.9 Å². The van der Waals surface area contributed by atoms with Crippen LogP contribution < -0.4 is 4.72 Å². The van der Waals surface area contributed by atoms with Crippen molar-refractivity contribution in [1.29, 1.82) is 0 Å². The summed E-state index contributed by atoms with van der Waals surface area (Å²) in [5.74, 6) is 0.424. The highest BCUT2D eigenvalue weighted by Crippen LogP contribution is 2.33. The predicted octanol–water partition coefficient (Wildman–Crippen LogP) is 3.25. The van der Waals surface area contributed by atoms with Gasteiger partial charge in [-0.2, -0.15) is 0 Å². The van der Waals surface area contributed by atoms with E-state index in [-0.39, 0.29) is 17.5 Å². The Morgan fingerprint density at radius 3 is 2.65 bits per heavy atom. The highest BCUT2D eigenvalue weighted by Gasteiger charge is 2.27. The second-order valence-corrected chi connectivity index (χ2v) is 9.45. The van der Waals surface area contributed by atoms with E-state index in [1.54, 1.807) is 0 Å². The van der Waals surface area contributed by atoms with Crippen molar-refractivity contribution in [2.24, 2.45) is 5.92 Å². The van der Waals surface area contributed by atoms with Crippen molar-refractivity contribution in [1.82, 2.24) is 4.72 Å². The Balaban J connectivity index is 2.11. The molecule has 1 aromatic heterocycles. The Morgan fingerprint density at radius 1 is 1.45 bits per heavy atom. The van der Waals surface area contributed by atoms with E-state index in [1.165, 1.54) is 36.7 Å². The summed E-state index contributed by atoms with van der Waals surface area (Å²) in [6.07, 6.45) is 5.82. The third-order valence-corrected chi connectivity index (χ3v) is 7.65. The normalized spacial score (nSPS) is 19.1. The predicted molar refractivity (Wildman–Crippen MR) is 84.3 cm³/mol. The molecule has 4 nitrogen and oxygen atoms in total. The number of hydrogen-bond acceptors (Lipinski definition) is 4. The van der Waals surface area contributed by atoms with Gasteiger partial charge in [0, 0.05) is 10.9 Å². The van der Waals surface area contributed by atoms with Gasteiger partial charge in [0.1, 0.15) is 4.90 Å². The first-order valence-corrected chi connectivity index (χ1v) is 9.94. The third kappa shape index (κ3) is 3.82. The first kappa shape index (κ1) is 16.4. The van der Waals surface area contributed by atoms with Crippen LogP contribution in [0.2, 0.25) is 0 Å². The minimum Gasteiger partial charge on any atom is -0.391 e. The topological polar surface area (TPSA) is 66.4 Å². The van der Waals surface area contributed by atoms with Crippen molar-refractivity contribution in [3.8, 4) is 0 Å². The molecule has 1 saturated carbocycles. The number of hydrogen-bond donors (Lipinski definition) is 2. The van der Waals surface area contributed by atoms with Gasteiger partial charge in [-0.05, 0) is 47.7 Å². The van der Waals surface area contributed by atoms with Crippen LogP contribution in [0.3, 0.4) is 0 Å². The van der Waals surface area contributed by atoms with Crippen LogP contribution >= 0.6 is 27.3 Å². The van der Waals surface area contributed by atoms with E-state index < -0.39 is 10.0 Å². The molecule has 0 radical (unpaired) electrons. The van der Waals surface area contributed by atoms with Gasteiger partial charge in [-0.1, -0.05) is 19.3 Å². The number of nitrogens with one attached hydrogen (secondary N) is 1. The highest BCUT2D eigenvalue weighted by atomic mass is 79.9. The van der Waals surface area contributed by atoms with Crippen LogP contribution in [0.25, 0.3) is 0 Å². The first-order chi connectivity index (χ1) is 9.44. The second-order valence-electron chi connectivity index (χ2n) is 5.32. The summed E-state index contributed by atoms with van der Waals surface area (Å²) in [6, 6.07) is 1.48. The summed E-state index contributed by atoms with van der Waals surface area (Å²) in [4.78, 5) is 0.872. The summed E-state index contributed by atoms with van der Waals surface area (Å²) >= 11 is 4.52. The fourth-order valence-corrected chi connectivity index (χ4v) is 6.55. The largest absolute Gasteiger partial charge is 0.391 e. The van der Waals surface area contributed by atoms with Gasteiger partial charge in [0.25, 0.3) is 0 Å². The molecule has 0 aromatic carbocycles. The molecule has 1 fully saturated rings. The lowest BCUT2D eigenvalue weighted by atomic mass is 9.85. The minimum absolute atomic E-state index is 0.0512. The van der Waals surface area contributed by atoms with Gasteiger partial charge in [0.15, 0.2) is 0 Å². The zero-order valence-electron chi connectivity index (χ0n) is 11.4. The van der Waals surface area contributed by atoms with Gasteiger partial charge >= 0.3 is 0 Å². The van der Waals surface area contributed by atoms with Gasteiger partial charge in [0.05, 0.1) is 10.4 Å². The van der Waals surface area contributed by atoms with E-state index in [4.69, 9.17) is 5.11 Å². The van der Waals surface area contributed by atoms with Crippen LogP contribution in [-0.2, 0) is 16.6 Å². The molecule has 0 saturated heterocycles. The second kappa shape index (κ2) is 6.87. The van der Waals surface area contributed by atoms with Crippen molar-refractivity contribution in [2.75, 3.05) is 0 Å². The molecule has 1 aliphatic carbocycles. The minimum atomic E-state index is -3.53. The molecule has 0 amide bonds. The maximum Gasteiger partial charge on any atom is 0.242 e. The molecule has 0 spiro atoms. The van der Waals surface area contributed by atoms with Crippen molar-refractivity contribution in [2.45, 2.75) is 56.6 Å². The van der Waals surface area contributed by atoms with Crippen molar-refractivity contribution >= 4 is 37.3 Å². The lowest BCUT2D eigenvalue weighted by Crippen LogP contribution is -2.38. The monoisotopic (exact) mass is 381 g/mol. The fourth-order valence-electron chi connectivity index (χ4n) is 2.70. The zero-order valence-corrected chi connectivity index (χ0v) is 14.7. The highest BCUT2D eigenvalue weighted by molar-refractivity contribution is 9.11. The fraction of sp³-hybridized carbons (Fsp3) is 0.692. The SMILES string of the molecule is CC(NS(=O)(=O)c1cc(CO)sc1Br)C1CCCCC1. The molecule has 1 aliphatic rings. The Labute approximate surface area is 132 Å². The molecule has 2 rings (SSSR count). The molecule has 2 N–H and O–H groups in total. The van der Waals surface area contributed by atoms with E-state index >= 15 is 0 Å². The number of rotatable bonds is 5. The molecular formula is C13H20BrNO3S2. The molecule has 7 heteroatoms. The van der Waals surface area contributed by atoms with Crippen molar-refractivity contribution in [3.63, 3.8) is 0 Å². The van der Waals surface area contributed by atoms with Gasteiger partial charge in [-0.3, -0.25) is 0 Å². The molecule has 20 heavy (non-hydrogen) atoms. The Morgan fingerprint density at radius 2 is 2.10 bits per heavy atom. The number of aliphatic hydroxyl groups excluding tert-OH is 1. The Kier molecular flexibility index (Phi) is 5.64. The summed E-state index contributed by atoms with van der Waals surface area (Å²) in [6.45, 7) is 1.80. The van der Waals surface area contributed by atoms with Crippen molar-refractivity contribution < 1.29 is 13.5 Å². The quantitative estimate of drug-likeness (QED) is 0.822. The van der Waals surface area contributed by atoms with Gasteiger partial charge in [0.2, 0.25) is 10.0 Å². The summed E-state index contributed by atoms with van der Waals surface area (Å²) in [5, 5.41) is 9.10. The first-order valence-electron chi connectivity index (χ1n) is 6.85. The molecular weight excluding hydrogens is 362 g/mol. The van der Waals surface area contributed by atoms with Crippen LogP contribution in [0.4, 0.5) is 0 Å². The summed E-state index contributed by atoms with van der Waals surface area (Å²) < 4.78 is 28.2. The number of thiophene rings is 1. The lowest BCUT2D eigenvalue weighted by Gasteiger charge is -2.28. The van der Waals surface area contributed by atoms with E-state index in [2.05, 4.69) is 20.7 Å². The van der Waals surface area contributed by atoms with Crippen LogP contribution in [0.5, 0.6) is 0 Å². The maximum atomic E-state index is 12.4. The van der Waals surface area contributed by atoms with E-state index in [9.17, 15) is 8.42 Å². The molecule has 0 bridgehead atoms. The van der Waals surface area contributed by atoms with E-state index in [0.717, 1.165) is 12.8 Å². The molecule has 0 aliphatic heterocycles. The van der Waals surface area contributed by atoms with Crippen molar-refractivity contribution in [3.05, 3.63) is 14.7 Å². The summed E-state index contributed by atoms with van der Waals surface area (Å²) in [7, 11) is -3.53. The van der Waals surface area contributed by atoms with E-state index in [1.807, 2.05) is 6.92 Å². The lowest BCUT2D eigenvalue weighted by molar-refractivity contribution is 0.285. The number of aliphatic hydroxyl groups is 1. The average Bonchev–Trinajstić information content (AvgIpc) is 2.81. The Hall–Kier alpha value is 0.0500. The third-order valence-electron chi connectivity index (χ3n) is 3.85. The smallest absolute Gasteiger partial charge is 0.242 e. The van der Waals surface area contributed by atoms with Gasteiger partial charge < -0.3 is 5.11 Å². The molecule has 1 aromatic rings. The molecule has 1 atom stereocenters. The molecule has 1 unspecified atom stereocenters. The van der Waals surface area contributed by atoms with Crippen LogP contribution in [-0.4, -0.2) is 19.6 Å². The number of sulfonamides is 1.